The zero-order valence-electron chi connectivity index (χ0n) is 15.5. The highest BCUT2D eigenvalue weighted by atomic mass is 79.9. The smallest absolute Gasteiger partial charge is 0.410 e. The van der Waals surface area contributed by atoms with Crippen molar-refractivity contribution in [3.63, 3.8) is 0 Å². The molecule has 1 aliphatic rings. The fraction of sp³-hybridized carbons (Fsp3) is 0.650. The Kier molecular flexibility index (Phi) is 9.79. The summed E-state index contributed by atoms with van der Waals surface area (Å²) in [6.45, 7) is 0.853. The lowest BCUT2D eigenvalue weighted by Gasteiger charge is -2.34. The molecular formula is C20H29BrClNO3. The number of rotatable bonds is 9. The van der Waals surface area contributed by atoms with E-state index in [-0.39, 0.29) is 12.1 Å². The minimum Gasteiger partial charge on any atom is -0.410 e. The van der Waals surface area contributed by atoms with Crippen molar-refractivity contribution in [3.05, 3.63) is 29.3 Å². The second-order valence-electron chi connectivity index (χ2n) is 6.84. The van der Waals surface area contributed by atoms with Gasteiger partial charge in [0.2, 0.25) is 0 Å². The van der Waals surface area contributed by atoms with Gasteiger partial charge in [0, 0.05) is 30.0 Å². The first-order chi connectivity index (χ1) is 12.6. The SMILES string of the molecule is CN(C(=O)Oc1ccc(Cl)cc1)[C@H]1CC[C@H](OCCCCCCBr)CC1. The third-order valence-corrected chi connectivity index (χ3v) is 5.69. The summed E-state index contributed by atoms with van der Waals surface area (Å²) in [6, 6.07) is 7.06. The topological polar surface area (TPSA) is 38.8 Å². The van der Waals surface area contributed by atoms with E-state index in [0.717, 1.165) is 44.0 Å². The van der Waals surface area contributed by atoms with Crippen molar-refractivity contribution in [3.8, 4) is 5.75 Å². The van der Waals surface area contributed by atoms with Gasteiger partial charge in [0.05, 0.1) is 6.10 Å². The predicted octanol–water partition coefficient (Wildman–Crippen LogP) is 6.05. The number of hydrogen-bond donors (Lipinski definition) is 0. The van der Waals surface area contributed by atoms with Crippen LogP contribution in [0.4, 0.5) is 4.79 Å². The van der Waals surface area contributed by atoms with Crippen LogP contribution in [0.3, 0.4) is 0 Å². The van der Waals surface area contributed by atoms with E-state index in [1.165, 1.54) is 19.3 Å². The van der Waals surface area contributed by atoms with E-state index in [4.69, 9.17) is 21.1 Å². The Morgan fingerprint density at radius 3 is 2.42 bits per heavy atom. The number of carbonyl (C=O) groups excluding carboxylic acids is 1. The molecule has 0 atom stereocenters. The quantitative estimate of drug-likeness (QED) is 0.342. The molecule has 1 saturated carbocycles. The normalized spacial score (nSPS) is 20.0. The Morgan fingerprint density at radius 1 is 1.12 bits per heavy atom. The molecule has 2 rings (SSSR count). The first-order valence-corrected chi connectivity index (χ1v) is 11.0. The van der Waals surface area contributed by atoms with E-state index in [0.29, 0.717) is 16.9 Å². The highest BCUT2D eigenvalue weighted by Gasteiger charge is 2.27. The first kappa shape index (κ1) is 21.5. The van der Waals surface area contributed by atoms with Crippen LogP contribution in [0, 0.1) is 0 Å². The lowest BCUT2D eigenvalue weighted by Crippen LogP contribution is -2.42. The molecule has 1 aromatic carbocycles. The number of nitrogens with zero attached hydrogens (tertiary/aromatic N) is 1. The molecule has 4 nitrogen and oxygen atoms in total. The number of halogens is 2. The fourth-order valence-corrected chi connectivity index (χ4v) is 3.75. The standard InChI is InChI=1S/C20H29BrClNO3/c1-23(20(24)26-19-10-6-16(22)7-11-19)17-8-12-18(13-9-17)25-15-5-3-2-4-14-21/h6-7,10-11,17-18H,2-5,8-9,12-15H2,1H3/t17-,18-. The molecule has 0 N–H and O–H groups in total. The predicted molar refractivity (Wildman–Crippen MR) is 109 cm³/mol. The Balaban J connectivity index is 1.64. The van der Waals surface area contributed by atoms with Crippen molar-refractivity contribution in [1.82, 2.24) is 4.90 Å². The Morgan fingerprint density at radius 2 is 1.77 bits per heavy atom. The molecule has 1 aliphatic carbocycles. The van der Waals surface area contributed by atoms with Crippen molar-refractivity contribution >= 4 is 33.6 Å². The van der Waals surface area contributed by atoms with Gasteiger partial charge in [-0.25, -0.2) is 4.79 Å². The summed E-state index contributed by atoms with van der Waals surface area (Å²) >= 11 is 9.31. The van der Waals surface area contributed by atoms with E-state index < -0.39 is 0 Å². The van der Waals surface area contributed by atoms with Gasteiger partial charge in [-0.05, 0) is 62.8 Å². The van der Waals surface area contributed by atoms with Gasteiger partial charge in [0.15, 0.2) is 0 Å². The minimum atomic E-state index is -0.316. The van der Waals surface area contributed by atoms with Crippen LogP contribution in [-0.2, 0) is 4.74 Å². The largest absolute Gasteiger partial charge is 0.415 e. The summed E-state index contributed by atoms with van der Waals surface area (Å²) in [7, 11) is 1.81. The highest BCUT2D eigenvalue weighted by molar-refractivity contribution is 9.09. The van der Waals surface area contributed by atoms with Gasteiger partial charge in [-0.15, -0.1) is 0 Å². The van der Waals surface area contributed by atoms with Gasteiger partial charge in [-0.3, -0.25) is 0 Å². The third-order valence-electron chi connectivity index (χ3n) is 4.88. The van der Waals surface area contributed by atoms with Gasteiger partial charge in [0.25, 0.3) is 0 Å². The zero-order chi connectivity index (χ0) is 18.8. The minimum absolute atomic E-state index is 0.216. The van der Waals surface area contributed by atoms with Gasteiger partial charge >= 0.3 is 6.09 Å². The number of unbranched alkanes of at least 4 members (excludes halogenated alkanes) is 3. The highest BCUT2D eigenvalue weighted by Crippen LogP contribution is 2.26. The van der Waals surface area contributed by atoms with E-state index in [9.17, 15) is 4.79 Å². The van der Waals surface area contributed by atoms with Gasteiger partial charge in [-0.2, -0.15) is 0 Å². The van der Waals surface area contributed by atoms with Gasteiger partial charge in [0.1, 0.15) is 5.75 Å². The third kappa shape index (κ3) is 7.45. The van der Waals surface area contributed by atoms with Crippen LogP contribution in [0.1, 0.15) is 51.4 Å². The summed E-state index contributed by atoms with van der Waals surface area (Å²) in [4.78, 5) is 14.0. The summed E-state index contributed by atoms with van der Waals surface area (Å²) in [6.07, 6.45) is 8.83. The lowest BCUT2D eigenvalue weighted by atomic mass is 9.92. The summed E-state index contributed by atoms with van der Waals surface area (Å²) in [5.74, 6) is 0.517. The van der Waals surface area contributed by atoms with Crippen LogP contribution >= 0.6 is 27.5 Å². The molecule has 0 unspecified atom stereocenters. The first-order valence-electron chi connectivity index (χ1n) is 9.48. The van der Waals surface area contributed by atoms with Crippen molar-refractivity contribution in [2.45, 2.75) is 63.5 Å². The van der Waals surface area contributed by atoms with Crippen LogP contribution in [0.5, 0.6) is 5.75 Å². The molecule has 146 valence electrons. The maximum absolute atomic E-state index is 12.3. The Hall–Kier alpha value is -0.780. The zero-order valence-corrected chi connectivity index (χ0v) is 17.8. The second kappa shape index (κ2) is 11.8. The molecule has 0 saturated heterocycles. The van der Waals surface area contributed by atoms with Crippen LogP contribution < -0.4 is 4.74 Å². The monoisotopic (exact) mass is 445 g/mol. The second-order valence-corrected chi connectivity index (χ2v) is 8.07. The van der Waals surface area contributed by atoms with Crippen LogP contribution in [0.2, 0.25) is 5.02 Å². The maximum atomic E-state index is 12.3. The number of carbonyl (C=O) groups is 1. The van der Waals surface area contributed by atoms with Crippen LogP contribution in [0.15, 0.2) is 24.3 Å². The van der Waals surface area contributed by atoms with E-state index in [1.807, 2.05) is 7.05 Å². The molecule has 0 aromatic heterocycles. The number of hydrogen-bond acceptors (Lipinski definition) is 3. The molecule has 0 bridgehead atoms. The lowest BCUT2D eigenvalue weighted by molar-refractivity contribution is 0.0105. The number of alkyl halides is 1. The number of ether oxygens (including phenoxy) is 2. The van der Waals surface area contributed by atoms with Crippen molar-refractivity contribution in [2.75, 3.05) is 19.0 Å². The number of amides is 1. The Labute approximate surface area is 170 Å². The molecule has 1 aromatic rings. The molecule has 6 heteroatoms. The Bertz CT molecular complexity index is 532. The van der Waals surface area contributed by atoms with Crippen molar-refractivity contribution in [1.29, 1.82) is 0 Å². The molecule has 1 fully saturated rings. The van der Waals surface area contributed by atoms with Gasteiger partial charge < -0.3 is 14.4 Å². The van der Waals surface area contributed by atoms with Crippen LogP contribution in [0.25, 0.3) is 0 Å². The van der Waals surface area contributed by atoms with E-state index in [1.54, 1.807) is 29.2 Å². The van der Waals surface area contributed by atoms with Crippen molar-refractivity contribution in [2.24, 2.45) is 0 Å². The fourth-order valence-electron chi connectivity index (χ4n) is 3.22. The molecule has 0 heterocycles. The maximum Gasteiger partial charge on any atom is 0.415 e. The molecular weight excluding hydrogens is 418 g/mol. The molecule has 0 spiro atoms. The average molecular weight is 447 g/mol. The average Bonchev–Trinajstić information content (AvgIpc) is 2.66. The summed E-state index contributed by atoms with van der Waals surface area (Å²) in [5.41, 5.74) is 0. The molecule has 0 radical (unpaired) electrons. The van der Waals surface area contributed by atoms with Crippen LogP contribution in [-0.4, -0.2) is 42.1 Å². The van der Waals surface area contributed by atoms with E-state index in [2.05, 4.69) is 15.9 Å². The summed E-state index contributed by atoms with van der Waals surface area (Å²) < 4.78 is 11.4. The van der Waals surface area contributed by atoms with Gasteiger partial charge in [-0.1, -0.05) is 40.4 Å². The molecule has 0 aliphatic heterocycles. The molecule has 1 amide bonds. The number of benzene rings is 1. The molecule has 26 heavy (non-hydrogen) atoms. The van der Waals surface area contributed by atoms with Crippen molar-refractivity contribution < 1.29 is 14.3 Å². The van der Waals surface area contributed by atoms with E-state index >= 15 is 0 Å². The summed E-state index contributed by atoms with van der Waals surface area (Å²) in [5, 5.41) is 1.71.